The Morgan fingerprint density at radius 3 is 1.65 bits per heavy atom. The second-order valence-electron chi connectivity index (χ2n) is 5.76. The zero-order valence-corrected chi connectivity index (χ0v) is 15.9. The first-order valence-electron chi connectivity index (χ1n) is 8.45. The van der Waals surface area contributed by atoms with Crippen LogP contribution >= 0.6 is 0 Å². The van der Waals surface area contributed by atoms with E-state index in [0.29, 0.717) is 0 Å². The first-order chi connectivity index (χ1) is 9.76. The van der Waals surface area contributed by atoms with Gasteiger partial charge in [-0.05, 0) is 55.2 Å². The molecule has 2 heteroatoms. The number of rotatable bonds is 10. The van der Waals surface area contributed by atoms with Crippen LogP contribution < -0.4 is 3.79 Å². The molecule has 0 atom stereocenters. The predicted octanol–water partition coefficient (Wildman–Crippen LogP) is 4.64. The van der Waals surface area contributed by atoms with Crippen LogP contribution in [-0.2, 0) is 19.3 Å². The zero-order valence-electron chi connectivity index (χ0n) is 13.9. The van der Waals surface area contributed by atoms with E-state index >= 15 is 0 Å². The summed E-state index contributed by atoms with van der Waals surface area (Å²) in [5.41, 5.74) is 4.44. The molecular formula is C18H31AlO. The maximum absolute atomic E-state index is 5.87. The SMILES string of the molecule is CCCCc1cc(CCCC)c([O][AlH2])c(CCCC)c1. The fourth-order valence-corrected chi connectivity index (χ4v) is 3.24. The average molecular weight is 290 g/mol. The van der Waals surface area contributed by atoms with Gasteiger partial charge in [0.2, 0.25) is 0 Å². The smallest absolute Gasteiger partial charge is 0.496 e. The highest BCUT2D eigenvalue weighted by molar-refractivity contribution is 6.00. The van der Waals surface area contributed by atoms with Gasteiger partial charge in [-0.2, -0.15) is 0 Å². The lowest BCUT2D eigenvalue weighted by Gasteiger charge is -2.18. The summed E-state index contributed by atoms with van der Waals surface area (Å²) in [4.78, 5) is 0. The van der Waals surface area contributed by atoms with Crippen molar-refractivity contribution in [2.75, 3.05) is 0 Å². The lowest BCUT2D eigenvalue weighted by molar-refractivity contribution is 0.585. The maximum Gasteiger partial charge on any atom is 0.496 e. The zero-order chi connectivity index (χ0) is 14.8. The molecule has 0 N–H and O–H groups in total. The normalized spacial score (nSPS) is 10.8. The fourth-order valence-electron chi connectivity index (χ4n) is 2.72. The van der Waals surface area contributed by atoms with Crippen LogP contribution in [0.5, 0.6) is 5.75 Å². The topological polar surface area (TPSA) is 9.23 Å². The molecule has 0 saturated heterocycles. The van der Waals surface area contributed by atoms with Crippen molar-refractivity contribution in [2.45, 2.75) is 78.6 Å². The summed E-state index contributed by atoms with van der Waals surface area (Å²) in [5, 5.41) is 0. The second kappa shape index (κ2) is 10.3. The monoisotopic (exact) mass is 290 g/mol. The molecule has 0 amide bonds. The van der Waals surface area contributed by atoms with Crippen molar-refractivity contribution in [1.29, 1.82) is 0 Å². The molecular weight excluding hydrogens is 259 g/mol. The van der Waals surface area contributed by atoms with E-state index < -0.39 is 0 Å². The highest BCUT2D eigenvalue weighted by atomic mass is 27.1. The van der Waals surface area contributed by atoms with Crippen LogP contribution in [0.25, 0.3) is 0 Å². The minimum Gasteiger partial charge on any atom is -0.647 e. The van der Waals surface area contributed by atoms with E-state index in [1.54, 1.807) is 0 Å². The molecule has 20 heavy (non-hydrogen) atoms. The Labute approximate surface area is 133 Å². The van der Waals surface area contributed by atoms with Gasteiger partial charge in [-0.1, -0.05) is 52.2 Å². The van der Waals surface area contributed by atoms with Crippen molar-refractivity contribution in [2.24, 2.45) is 0 Å². The van der Waals surface area contributed by atoms with Crippen LogP contribution in [-0.4, -0.2) is 16.6 Å². The van der Waals surface area contributed by atoms with Crippen LogP contribution in [0.1, 0.15) is 76.0 Å². The van der Waals surface area contributed by atoms with Gasteiger partial charge in [-0.15, -0.1) is 0 Å². The van der Waals surface area contributed by atoms with E-state index in [1.807, 2.05) is 0 Å². The highest BCUT2D eigenvalue weighted by Crippen LogP contribution is 2.29. The summed E-state index contributed by atoms with van der Waals surface area (Å²) >= 11 is 0.792. The number of benzene rings is 1. The molecule has 0 spiro atoms. The highest BCUT2D eigenvalue weighted by Gasteiger charge is 2.10. The van der Waals surface area contributed by atoms with Crippen molar-refractivity contribution < 1.29 is 3.79 Å². The molecule has 0 unspecified atom stereocenters. The molecule has 0 heterocycles. The number of hydrogen-bond acceptors (Lipinski definition) is 1. The quantitative estimate of drug-likeness (QED) is 0.570. The minimum atomic E-state index is 0.792. The van der Waals surface area contributed by atoms with Gasteiger partial charge in [-0.3, -0.25) is 0 Å². The molecule has 0 aliphatic heterocycles. The van der Waals surface area contributed by atoms with Crippen LogP contribution in [0.15, 0.2) is 12.1 Å². The summed E-state index contributed by atoms with van der Waals surface area (Å²) in [6.45, 7) is 6.80. The van der Waals surface area contributed by atoms with E-state index in [1.165, 1.54) is 80.2 Å². The minimum absolute atomic E-state index is 0.792. The summed E-state index contributed by atoms with van der Waals surface area (Å²) in [6.07, 6.45) is 11.2. The summed E-state index contributed by atoms with van der Waals surface area (Å²) in [7, 11) is 0. The van der Waals surface area contributed by atoms with E-state index in [9.17, 15) is 0 Å². The Kier molecular flexibility index (Phi) is 9.07. The van der Waals surface area contributed by atoms with Crippen LogP contribution in [0, 0.1) is 0 Å². The van der Waals surface area contributed by atoms with Crippen molar-refractivity contribution in [3.8, 4) is 5.75 Å². The molecule has 112 valence electrons. The van der Waals surface area contributed by atoms with Crippen molar-refractivity contribution >= 4 is 16.6 Å². The average Bonchev–Trinajstić information content (AvgIpc) is 2.48. The third-order valence-corrected chi connectivity index (χ3v) is 4.33. The second-order valence-corrected chi connectivity index (χ2v) is 6.17. The Morgan fingerprint density at radius 1 is 0.800 bits per heavy atom. The van der Waals surface area contributed by atoms with Gasteiger partial charge in [0.15, 0.2) is 0 Å². The number of unbranched alkanes of at least 4 members (excludes halogenated alkanes) is 3. The van der Waals surface area contributed by atoms with Crippen LogP contribution in [0.3, 0.4) is 0 Å². The van der Waals surface area contributed by atoms with Gasteiger partial charge in [0.1, 0.15) is 0 Å². The molecule has 0 radical (unpaired) electrons. The predicted molar refractivity (Wildman–Crippen MR) is 91.5 cm³/mol. The molecule has 1 aromatic carbocycles. The summed E-state index contributed by atoms with van der Waals surface area (Å²) < 4.78 is 5.87. The standard InChI is InChI=1S/C18H30O.Al.2H/c1-4-7-10-15-13-16(11-8-5-2)18(19)17(14-15)12-9-6-3;;;/h13-14,19H,4-12H2,1-3H3;;;/q;+1;;/p-1. The van der Waals surface area contributed by atoms with Gasteiger partial charge < -0.3 is 3.79 Å². The molecule has 0 aliphatic rings. The van der Waals surface area contributed by atoms with Crippen molar-refractivity contribution in [1.82, 2.24) is 0 Å². The van der Waals surface area contributed by atoms with Crippen molar-refractivity contribution in [3.05, 3.63) is 28.8 Å². The Bertz CT molecular complexity index is 358. The Hall–Kier alpha value is -0.448. The first-order valence-corrected chi connectivity index (χ1v) is 9.27. The lowest BCUT2D eigenvalue weighted by atomic mass is 9.95. The summed E-state index contributed by atoms with van der Waals surface area (Å²) in [6, 6.07) is 4.82. The molecule has 0 saturated carbocycles. The van der Waals surface area contributed by atoms with E-state index in [0.717, 1.165) is 16.6 Å². The van der Waals surface area contributed by atoms with Crippen molar-refractivity contribution in [3.63, 3.8) is 0 Å². The Morgan fingerprint density at radius 2 is 1.25 bits per heavy atom. The van der Waals surface area contributed by atoms with E-state index in [2.05, 4.69) is 32.9 Å². The number of aryl methyl sites for hydroxylation is 3. The largest absolute Gasteiger partial charge is 0.647 e. The molecule has 1 aromatic rings. The third-order valence-electron chi connectivity index (χ3n) is 3.93. The van der Waals surface area contributed by atoms with Gasteiger partial charge in [0, 0.05) is 0 Å². The first kappa shape index (κ1) is 17.6. The molecule has 0 aromatic heterocycles. The maximum atomic E-state index is 5.87. The van der Waals surface area contributed by atoms with Gasteiger partial charge in [0.25, 0.3) is 0 Å². The Balaban J connectivity index is 3.02. The molecule has 1 nitrogen and oxygen atoms in total. The van der Waals surface area contributed by atoms with Gasteiger partial charge >= 0.3 is 16.6 Å². The van der Waals surface area contributed by atoms with E-state index in [4.69, 9.17) is 3.79 Å². The number of hydrogen-bond donors (Lipinski definition) is 0. The third kappa shape index (κ3) is 5.51. The molecule has 0 fully saturated rings. The lowest BCUT2D eigenvalue weighted by Crippen LogP contribution is -2.02. The molecule has 0 bridgehead atoms. The molecule has 1 rings (SSSR count). The van der Waals surface area contributed by atoms with Gasteiger partial charge in [0.05, 0.1) is 5.75 Å². The van der Waals surface area contributed by atoms with Gasteiger partial charge in [-0.25, -0.2) is 0 Å². The summed E-state index contributed by atoms with van der Waals surface area (Å²) in [5.74, 6) is 1.22. The van der Waals surface area contributed by atoms with Crippen LogP contribution in [0.4, 0.5) is 0 Å². The molecule has 0 aliphatic carbocycles. The van der Waals surface area contributed by atoms with E-state index in [-0.39, 0.29) is 0 Å². The fraction of sp³-hybridized carbons (Fsp3) is 0.667. The van der Waals surface area contributed by atoms with Crippen LogP contribution in [0.2, 0.25) is 0 Å².